The first kappa shape index (κ1) is 21.1. The molecule has 8 heteroatoms. The molecule has 29 heavy (non-hydrogen) atoms. The summed E-state index contributed by atoms with van der Waals surface area (Å²) >= 11 is 0. The molecule has 1 N–H and O–H groups in total. The highest BCUT2D eigenvalue weighted by atomic mass is 19.1. The van der Waals surface area contributed by atoms with Crippen molar-refractivity contribution in [1.82, 2.24) is 14.9 Å². The number of carbonyl (C=O) groups is 1. The zero-order valence-electron chi connectivity index (χ0n) is 17.2. The smallest absolute Gasteiger partial charge is 0.241 e. The van der Waals surface area contributed by atoms with Crippen LogP contribution in [0.5, 0.6) is 0 Å². The van der Waals surface area contributed by atoms with E-state index >= 15 is 0 Å². The van der Waals surface area contributed by atoms with Gasteiger partial charge in [0.2, 0.25) is 5.91 Å². The van der Waals surface area contributed by atoms with E-state index in [1.54, 1.807) is 6.92 Å². The minimum atomic E-state index is -0.656. The van der Waals surface area contributed by atoms with Crippen molar-refractivity contribution in [1.29, 1.82) is 0 Å². The van der Waals surface area contributed by atoms with E-state index in [0.29, 0.717) is 13.1 Å². The monoisotopic (exact) mass is 403 g/mol. The number of benzene rings is 1. The second-order valence-corrected chi connectivity index (χ2v) is 7.69. The molecule has 0 aliphatic carbocycles. The van der Waals surface area contributed by atoms with E-state index in [2.05, 4.69) is 34.0 Å². The lowest BCUT2D eigenvalue weighted by molar-refractivity contribution is -0.120. The molecule has 0 unspecified atom stereocenters. The Morgan fingerprint density at radius 2 is 1.76 bits per heavy atom. The fourth-order valence-electron chi connectivity index (χ4n) is 3.33. The van der Waals surface area contributed by atoms with Crippen LogP contribution < -0.4 is 10.2 Å². The van der Waals surface area contributed by atoms with Gasteiger partial charge in [-0.05, 0) is 26.0 Å². The number of aromatic nitrogens is 2. The zero-order valence-corrected chi connectivity index (χ0v) is 17.2. The number of hydrogen-bond donors (Lipinski definition) is 1. The van der Waals surface area contributed by atoms with Crippen LogP contribution in [0.1, 0.15) is 38.2 Å². The molecule has 1 saturated heterocycles. The van der Waals surface area contributed by atoms with Crippen LogP contribution in [0.4, 0.5) is 20.3 Å². The highest BCUT2D eigenvalue weighted by molar-refractivity contribution is 5.94. The molecule has 0 radical (unpaired) electrons. The first-order valence-corrected chi connectivity index (χ1v) is 9.85. The Morgan fingerprint density at radius 3 is 2.41 bits per heavy atom. The van der Waals surface area contributed by atoms with Crippen LogP contribution in [0.15, 0.2) is 24.3 Å². The molecular weight excluding hydrogens is 376 g/mol. The van der Waals surface area contributed by atoms with Gasteiger partial charge in [-0.1, -0.05) is 13.8 Å². The molecule has 1 aromatic heterocycles. The van der Waals surface area contributed by atoms with Gasteiger partial charge in [0, 0.05) is 49.9 Å². The van der Waals surface area contributed by atoms with Gasteiger partial charge in [-0.15, -0.1) is 0 Å². The van der Waals surface area contributed by atoms with Crippen LogP contribution in [-0.2, 0) is 4.79 Å². The number of rotatable bonds is 5. The van der Waals surface area contributed by atoms with Gasteiger partial charge in [-0.2, -0.15) is 0 Å². The van der Waals surface area contributed by atoms with Crippen molar-refractivity contribution in [3.63, 3.8) is 0 Å². The molecule has 2 heterocycles. The molecule has 156 valence electrons. The largest absolute Gasteiger partial charge is 0.354 e. The van der Waals surface area contributed by atoms with E-state index in [4.69, 9.17) is 0 Å². The van der Waals surface area contributed by atoms with Crippen molar-refractivity contribution < 1.29 is 13.6 Å². The maximum atomic E-state index is 13.8. The number of aryl methyl sites for hydroxylation is 1. The summed E-state index contributed by atoms with van der Waals surface area (Å²) in [5.41, 5.74) is 0.796. The molecule has 1 aliphatic rings. The van der Waals surface area contributed by atoms with Gasteiger partial charge in [0.15, 0.2) is 0 Å². The maximum Gasteiger partial charge on any atom is 0.241 e. The SMILES string of the molecule is Cc1cc(N2CCN([C@H](C)C(=O)Nc3cc(F)ccc3F)CC2)nc(C(C)C)n1. The quantitative estimate of drug-likeness (QED) is 0.830. The lowest BCUT2D eigenvalue weighted by atomic mass is 10.2. The van der Waals surface area contributed by atoms with Crippen molar-refractivity contribution in [2.24, 2.45) is 0 Å². The summed E-state index contributed by atoms with van der Waals surface area (Å²) in [7, 11) is 0. The molecule has 3 rings (SSSR count). The van der Waals surface area contributed by atoms with Gasteiger partial charge in [0.25, 0.3) is 0 Å². The fourth-order valence-corrected chi connectivity index (χ4v) is 3.33. The Balaban J connectivity index is 1.61. The number of nitrogens with zero attached hydrogens (tertiary/aromatic N) is 4. The molecule has 0 saturated carbocycles. The molecular formula is C21H27F2N5O. The number of carbonyl (C=O) groups excluding carboxylic acids is 1. The van der Waals surface area contributed by atoms with Gasteiger partial charge in [-0.3, -0.25) is 9.69 Å². The summed E-state index contributed by atoms with van der Waals surface area (Å²) in [4.78, 5) is 25.9. The Kier molecular flexibility index (Phi) is 6.42. The molecule has 6 nitrogen and oxygen atoms in total. The van der Waals surface area contributed by atoms with Crippen molar-refractivity contribution in [3.05, 3.63) is 47.4 Å². The van der Waals surface area contributed by atoms with Crippen LogP contribution in [0, 0.1) is 18.6 Å². The molecule has 1 atom stereocenters. The highest BCUT2D eigenvalue weighted by Crippen LogP contribution is 2.20. The van der Waals surface area contributed by atoms with Crippen LogP contribution in [0.25, 0.3) is 0 Å². The number of halogens is 2. The molecule has 2 aromatic rings. The standard InChI is InChI=1S/C21H27F2N5O/c1-13(2)20-24-14(3)11-19(26-20)28-9-7-27(8-10-28)15(4)21(29)25-18-12-16(22)5-6-17(18)23/h5-6,11-13,15H,7-10H2,1-4H3,(H,25,29)/t15-/m1/s1. The van der Waals surface area contributed by atoms with Crippen LogP contribution >= 0.6 is 0 Å². The van der Waals surface area contributed by atoms with Crippen molar-refractivity contribution in [2.75, 3.05) is 36.4 Å². The molecule has 1 amide bonds. The summed E-state index contributed by atoms with van der Waals surface area (Å²) in [6, 6.07) is 4.53. The first-order valence-electron chi connectivity index (χ1n) is 9.85. The second kappa shape index (κ2) is 8.82. The van der Waals surface area contributed by atoms with Gasteiger partial charge >= 0.3 is 0 Å². The molecule has 0 spiro atoms. The highest BCUT2D eigenvalue weighted by Gasteiger charge is 2.27. The average molecular weight is 403 g/mol. The van der Waals surface area contributed by atoms with E-state index in [9.17, 15) is 13.6 Å². The van der Waals surface area contributed by atoms with Gasteiger partial charge < -0.3 is 10.2 Å². The number of amides is 1. The minimum absolute atomic E-state index is 0.141. The Bertz CT molecular complexity index is 881. The summed E-state index contributed by atoms with van der Waals surface area (Å²) in [5, 5.41) is 2.49. The van der Waals surface area contributed by atoms with E-state index in [0.717, 1.165) is 48.6 Å². The summed E-state index contributed by atoms with van der Waals surface area (Å²) < 4.78 is 27.1. The van der Waals surface area contributed by atoms with E-state index in [-0.39, 0.29) is 17.5 Å². The third kappa shape index (κ3) is 5.06. The third-order valence-corrected chi connectivity index (χ3v) is 5.13. The number of piperazine rings is 1. The van der Waals surface area contributed by atoms with Gasteiger partial charge in [-0.25, -0.2) is 18.7 Å². The lowest BCUT2D eigenvalue weighted by Crippen LogP contribution is -2.53. The van der Waals surface area contributed by atoms with E-state index in [1.165, 1.54) is 0 Å². The van der Waals surface area contributed by atoms with Crippen molar-refractivity contribution in [2.45, 2.75) is 39.7 Å². The van der Waals surface area contributed by atoms with Gasteiger partial charge in [0.05, 0.1) is 11.7 Å². The summed E-state index contributed by atoms with van der Waals surface area (Å²) in [6.07, 6.45) is 0. The van der Waals surface area contributed by atoms with Crippen LogP contribution in [-0.4, -0.2) is 53.0 Å². The average Bonchev–Trinajstić information content (AvgIpc) is 2.69. The normalized spacial score (nSPS) is 16.2. The van der Waals surface area contributed by atoms with Crippen LogP contribution in [0.3, 0.4) is 0 Å². The number of hydrogen-bond acceptors (Lipinski definition) is 5. The topological polar surface area (TPSA) is 61.4 Å². The summed E-state index contributed by atoms with van der Waals surface area (Å²) in [5.74, 6) is 0.373. The molecule has 1 aromatic carbocycles. The van der Waals surface area contributed by atoms with Crippen LogP contribution in [0.2, 0.25) is 0 Å². The Morgan fingerprint density at radius 1 is 1.07 bits per heavy atom. The fraction of sp³-hybridized carbons (Fsp3) is 0.476. The molecule has 1 fully saturated rings. The minimum Gasteiger partial charge on any atom is -0.354 e. The Hall–Kier alpha value is -2.61. The second-order valence-electron chi connectivity index (χ2n) is 7.69. The first-order chi connectivity index (χ1) is 13.7. The van der Waals surface area contributed by atoms with Crippen molar-refractivity contribution in [3.8, 4) is 0 Å². The third-order valence-electron chi connectivity index (χ3n) is 5.13. The molecule has 1 aliphatic heterocycles. The van der Waals surface area contributed by atoms with E-state index < -0.39 is 17.7 Å². The lowest BCUT2D eigenvalue weighted by Gasteiger charge is -2.38. The Labute approximate surface area is 169 Å². The van der Waals surface area contributed by atoms with Crippen molar-refractivity contribution >= 4 is 17.4 Å². The van der Waals surface area contributed by atoms with Gasteiger partial charge in [0.1, 0.15) is 23.3 Å². The number of anilines is 2. The zero-order chi connectivity index (χ0) is 21.1. The van der Waals surface area contributed by atoms with E-state index in [1.807, 2.05) is 17.9 Å². The summed E-state index contributed by atoms with van der Waals surface area (Å²) in [6.45, 7) is 10.6. The number of nitrogens with one attached hydrogen (secondary N) is 1. The predicted octanol–water partition coefficient (Wildman–Crippen LogP) is 3.34. The molecule has 0 bridgehead atoms. The maximum absolute atomic E-state index is 13.8. The predicted molar refractivity (Wildman–Crippen MR) is 109 cm³/mol.